The molecule has 0 radical (unpaired) electrons. The molecule has 0 saturated heterocycles. The Kier molecular flexibility index (Phi) is 15.1. The lowest BCUT2D eigenvalue weighted by atomic mass is 9.60. The summed E-state index contributed by atoms with van der Waals surface area (Å²) in [6.07, 6.45) is 24.0. The second-order valence-corrected chi connectivity index (χ2v) is 8.27. The van der Waals surface area contributed by atoms with E-state index in [9.17, 15) is 0 Å². The van der Waals surface area contributed by atoms with Crippen molar-refractivity contribution in [2.45, 2.75) is 123 Å². The molecule has 1 nitrogen and oxygen atoms in total. The van der Waals surface area contributed by atoms with Gasteiger partial charge >= 0.3 is 0 Å². The highest BCUT2D eigenvalue weighted by atomic mass is 35.5. The fourth-order valence-corrected chi connectivity index (χ4v) is 5.00. The maximum atomic E-state index is 6.78. The second kappa shape index (κ2) is 15.1. The van der Waals surface area contributed by atoms with E-state index in [1.54, 1.807) is 0 Å². The van der Waals surface area contributed by atoms with Gasteiger partial charge in [0.15, 0.2) is 0 Å². The number of rotatable bonds is 14. The summed E-state index contributed by atoms with van der Waals surface area (Å²) in [5.74, 6) is 0.617. The van der Waals surface area contributed by atoms with E-state index >= 15 is 0 Å². The van der Waals surface area contributed by atoms with Crippen molar-refractivity contribution in [3.05, 3.63) is 12.7 Å². The first kappa shape index (κ1) is 25.0. The van der Waals surface area contributed by atoms with Crippen LogP contribution in [0.4, 0.5) is 0 Å². The first-order chi connectivity index (χ1) is 11.7. The summed E-state index contributed by atoms with van der Waals surface area (Å²) in [5.41, 5.74) is 7.14. The molecule has 0 aromatic rings. The van der Waals surface area contributed by atoms with Gasteiger partial charge in [0.05, 0.1) is 0 Å². The van der Waals surface area contributed by atoms with E-state index in [0.717, 1.165) is 0 Å². The third kappa shape index (κ3) is 8.48. The zero-order chi connectivity index (χ0) is 17.7. The van der Waals surface area contributed by atoms with Crippen molar-refractivity contribution in [2.75, 3.05) is 0 Å². The molecule has 0 heterocycles. The minimum atomic E-state index is 0. The molecule has 1 rings (SSSR count). The van der Waals surface area contributed by atoms with Gasteiger partial charge in [0.1, 0.15) is 0 Å². The highest BCUT2D eigenvalue weighted by Gasteiger charge is 2.41. The SMILES string of the molecule is C=CC(CC)C1(C(N)CCCCCCCCCCC)CCCCC1.Cl. The average molecular weight is 372 g/mol. The van der Waals surface area contributed by atoms with E-state index in [0.29, 0.717) is 17.4 Å². The highest BCUT2D eigenvalue weighted by Crippen LogP contribution is 2.47. The van der Waals surface area contributed by atoms with Crippen LogP contribution in [0.3, 0.4) is 0 Å². The molecule has 1 fully saturated rings. The molecule has 1 saturated carbocycles. The Bertz CT molecular complexity index is 309. The summed E-state index contributed by atoms with van der Waals surface area (Å²) in [5, 5.41) is 0. The van der Waals surface area contributed by atoms with Gasteiger partial charge in [-0.3, -0.25) is 0 Å². The van der Waals surface area contributed by atoms with Gasteiger partial charge in [0.2, 0.25) is 0 Å². The number of halogens is 1. The molecule has 0 aromatic carbocycles. The summed E-state index contributed by atoms with van der Waals surface area (Å²) < 4.78 is 0. The quantitative estimate of drug-likeness (QED) is 0.244. The lowest BCUT2D eigenvalue weighted by molar-refractivity contribution is 0.0798. The van der Waals surface area contributed by atoms with Crippen molar-refractivity contribution in [3.63, 3.8) is 0 Å². The van der Waals surface area contributed by atoms with E-state index in [2.05, 4.69) is 26.5 Å². The molecule has 1 aliphatic rings. The minimum Gasteiger partial charge on any atom is -0.327 e. The van der Waals surface area contributed by atoms with Crippen molar-refractivity contribution in [2.24, 2.45) is 17.1 Å². The van der Waals surface area contributed by atoms with Gasteiger partial charge in [-0.2, -0.15) is 0 Å². The number of unbranched alkanes of at least 4 members (excludes halogenated alkanes) is 8. The standard InChI is InChI=1S/C23H45N.ClH/c1-4-7-8-9-10-11-12-13-15-18-22(24)23(21(5-2)6-3)19-16-14-17-20-23;/h5,21-22H,2,4,6-20,24H2,1,3H3;1H. The molecule has 25 heavy (non-hydrogen) atoms. The first-order valence-electron chi connectivity index (χ1n) is 11.1. The molecular formula is C23H46ClN. The fraction of sp³-hybridized carbons (Fsp3) is 0.913. The van der Waals surface area contributed by atoms with Gasteiger partial charge in [0, 0.05) is 6.04 Å². The van der Waals surface area contributed by atoms with E-state index in [1.807, 2.05) is 0 Å². The van der Waals surface area contributed by atoms with Gasteiger partial charge in [-0.1, -0.05) is 97.0 Å². The lowest BCUT2D eigenvalue weighted by Gasteiger charge is -2.47. The Morgan fingerprint density at radius 1 is 0.880 bits per heavy atom. The van der Waals surface area contributed by atoms with Crippen LogP contribution in [0.5, 0.6) is 0 Å². The van der Waals surface area contributed by atoms with E-state index in [4.69, 9.17) is 5.73 Å². The molecular weight excluding hydrogens is 326 g/mol. The Hall–Kier alpha value is -0.0100. The zero-order valence-corrected chi connectivity index (χ0v) is 18.1. The van der Waals surface area contributed by atoms with Gasteiger partial charge in [-0.15, -0.1) is 19.0 Å². The van der Waals surface area contributed by atoms with Crippen LogP contribution < -0.4 is 5.73 Å². The fourth-order valence-electron chi connectivity index (χ4n) is 5.00. The molecule has 2 heteroatoms. The second-order valence-electron chi connectivity index (χ2n) is 8.27. The van der Waals surface area contributed by atoms with Crippen molar-refractivity contribution >= 4 is 12.4 Å². The van der Waals surface area contributed by atoms with Crippen LogP contribution in [0.1, 0.15) is 117 Å². The number of nitrogens with two attached hydrogens (primary N) is 1. The molecule has 2 N–H and O–H groups in total. The van der Waals surface area contributed by atoms with Crippen LogP contribution >= 0.6 is 12.4 Å². The molecule has 150 valence electrons. The van der Waals surface area contributed by atoms with E-state index in [1.165, 1.54) is 103 Å². The summed E-state index contributed by atoms with van der Waals surface area (Å²) in [7, 11) is 0. The predicted molar refractivity (Wildman–Crippen MR) is 117 cm³/mol. The summed E-state index contributed by atoms with van der Waals surface area (Å²) in [6.45, 7) is 8.73. The number of hydrogen-bond donors (Lipinski definition) is 1. The maximum Gasteiger partial charge on any atom is 0.0101 e. The molecule has 0 aromatic heterocycles. The monoisotopic (exact) mass is 371 g/mol. The third-order valence-electron chi connectivity index (χ3n) is 6.60. The number of allylic oxidation sites excluding steroid dienone is 1. The smallest absolute Gasteiger partial charge is 0.0101 e. The van der Waals surface area contributed by atoms with E-state index < -0.39 is 0 Å². The van der Waals surface area contributed by atoms with Gasteiger partial charge < -0.3 is 5.73 Å². The third-order valence-corrected chi connectivity index (χ3v) is 6.60. The molecule has 1 aliphatic carbocycles. The largest absolute Gasteiger partial charge is 0.327 e. The highest BCUT2D eigenvalue weighted by molar-refractivity contribution is 5.85. The predicted octanol–water partition coefficient (Wildman–Crippen LogP) is 7.82. The van der Waals surface area contributed by atoms with Crippen LogP contribution in [-0.2, 0) is 0 Å². The minimum absolute atomic E-state index is 0. The van der Waals surface area contributed by atoms with Crippen LogP contribution in [-0.4, -0.2) is 6.04 Å². The summed E-state index contributed by atoms with van der Waals surface area (Å²) in [4.78, 5) is 0. The Morgan fingerprint density at radius 3 is 1.88 bits per heavy atom. The summed E-state index contributed by atoms with van der Waals surface area (Å²) >= 11 is 0. The van der Waals surface area contributed by atoms with Gasteiger partial charge in [0.25, 0.3) is 0 Å². The maximum absolute atomic E-state index is 6.78. The normalized spacial score (nSPS) is 19.0. The zero-order valence-electron chi connectivity index (χ0n) is 17.2. The van der Waals surface area contributed by atoms with E-state index in [-0.39, 0.29) is 12.4 Å². The molecule has 0 spiro atoms. The topological polar surface area (TPSA) is 26.0 Å². The van der Waals surface area contributed by atoms with Crippen molar-refractivity contribution in [1.29, 1.82) is 0 Å². The average Bonchev–Trinajstić information content (AvgIpc) is 2.62. The molecule has 0 bridgehead atoms. The molecule has 2 unspecified atom stereocenters. The van der Waals surface area contributed by atoms with Gasteiger partial charge in [-0.05, 0) is 37.0 Å². The Balaban J connectivity index is 0.00000576. The first-order valence-corrected chi connectivity index (χ1v) is 11.1. The number of hydrogen-bond acceptors (Lipinski definition) is 1. The van der Waals surface area contributed by atoms with Crippen molar-refractivity contribution in [3.8, 4) is 0 Å². The Morgan fingerprint density at radius 2 is 1.40 bits per heavy atom. The van der Waals surface area contributed by atoms with Gasteiger partial charge in [-0.25, -0.2) is 0 Å². The molecule has 0 amide bonds. The van der Waals surface area contributed by atoms with Crippen LogP contribution in [0.25, 0.3) is 0 Å². The molecule has 0 aliphatic heterocycles. The van der Waals surface area contributed by atoms with Crippen molar-refractivity contribution in [1.82, 2.24) is 0 Å². The van der Waals surface area contributed by atoms with Crippen molar-refractivity contribution < 1.29 is 0 Å². The molecule has 2 atom stereocenters. The Labute approximate surface area is 165 Å². The van der Waals surface area contributed by atoms with Crippen LogP contribution in [0.2, 0.25) is 0 Å². The summed E-state index contributed by atoms with van der Waals surface area (Å²) in [6, 6.07) is 0.380. The van der Waals surface area contributed by atoms with Crippen LogP contribution in [0.15, 0.2) is 12.7 Å². The lowest BCUT2D eigenvalue weighted by Crippen LogP contribution is -2.47. The van der Waals surface area contributed by atoms with Crippen LogP contribution in [0, 0.1) is 11.3 Å².